The van der Waals surface area contributed by atoms with E-state index in [1.807, 2.05) is 19.1 Å². The third kappa shape index (κ3) is 5.85. The maximum atomic E-state index is 9.49. The average molecular weight is 347 g/mol. The van der Waals surface area contributed by atoms with Crippen LogP contribution in [0.3, 0.4) is 0 Å². The highest BCUT2D eigenvalue weighted by atomic mass is 32.1. The third-order valence-electron chi connectivity index (χ3n) is 3.49. The number of benzene rings is 1. The van der Waals surface area contributed by atoms with E-state index >= 15 is 0 Å². The number of hydrogen-bond acceptors (Lipinski definition) is 4. The smallest absolute Gasteiger partial charge is 0.191 e. The molecule has 1 aromatic heterocycles. The van der Waals surface area contributed by atoms with Crippen molar-refractivity contribution in [3.8, 4) is 5.75 Å². The number of nitrogens with zero attached hydrogens (tertiary/aromatic N) is 2. The normalized spacial score (nSPS) is 11.8. The number of aromatic nitrogens is 1. The number of aromatic hydroxyl groups is 1. The Morgan fingerprint density at radius 1 is 1.33 bits per heavy atom. The van der Waals surface area contributed by atoms with Crippen LogP contribution in [0.15, 0.2) is 34.6 Å². The summed E-state index contributed by atoms with van der Waals surface area (Å²) >= 11 is 1.66. The molecular formula is C18H26N4OS. The largest absolute Gasteiger partial charge is 0.508 e. The van der Waals surface area contributed by atoms with Gasteiger partial charge in [0.1, 0.15) is 10.8 Å². The Hall–Kier alpha value is -2.08. The van der Waals surface area contributed by atoms with Gasteiger partial charge in [-0.1, -0.05) is 26.0 Å². The summed E-state index contributed by atoms with van der Waals surface area (Å²) in [7, 11) is 0. The summed E-state index contributed by atoms with van der Waals surface area (Å²) in [6, 6.07) is 7.34. The van der Waals surface area contributed by atoms with Crippen molar-refractivity contribution in [3.63, 3.8) is 0 Å². The second-order valence-electron chi connectivity index (χ2n) is 5.86. The molecule has 3 N–H and O–H groups in total. The quantitative estimate of drug-likeness (QED) is 0.532. The van der Waals surface area contributed by atoms with E-state index in [2.05, 4.69) is 39.8 Å². The van der Waals surface area contributed by atoms with Gasteiger partial charge in [-0.25, -0.2) is 9.98 Å². The summed E-state index contributed by atoms with van der Waals surface area (Å²) in [5, 5.41) is 19.2. The predicted octanol–water partition coefficient (Wildman–Crippen LogP) is 3.27. The van der Waals surface area contributed by atoms with E-state index in [0.717, 1.165) is 41.7 Å². The van der Waals surface area contributed by atoms with E-state index in [4.69, 9.17) is 0 Å². The fraction of sp³-hybridized carbons (Fsp3) is 0.444. The highest BCUT2D eigenvalue weighted by Crippen LogP contribution is 2.18. The number of thiazole rings is 1. The van der Waals surface area contributed by atoms with Crippen LogP contribution in [0.25, 0.3) is 0 Å². The molecule has 1 aromatic carbocycles. The highest BCUT2D eigenvalue weighted by Gasteiger charge is 2.05. The fourth-order valence-corrected chi connectivity index (χ4v) is 3.07. The number of phenolic OH excluding ortho intramolecular Hbond substituents is 1. The van der Waals surface area contributed by atoms with Gasteiger partial charge in [-0.15, -0.1) is 11.3 Å². The second-order valence-corrected chi connectivity index (χ2v) is 6.81. The zero-order valence-corrected chi connectivity index (χ0v) is 15.4. The maximum absolute atomic E-state index is 9.49. The molecule has 24 heavy (non-hydrogen) atoms. The van der Waals surface area contributed by atoms with Crippen molar-refractivity contribution in [2.45, 2.75) is 39.7 Å². The van der Waals surface area contributed by atoms with E-state index in [1.165, 1.54) is 0 Å². The zero-order chi connectivity index (χ0) is 17.4. The van der Waals surface area contributed by atoms with Crippen molar-refractivity contribution in [1.82, 2.24) is 15.6 Å². The topological polar surface area (TPSA) is 69.5 Å². The van der Waals surface area contributed by atoms with E-state index in [1.54, 1.807) is 23.5 Å². The van der Waals surface area contributed by atoms with Gasteiger partial charge in [0, 0.05) is 18.5 Å². The summed E-state index contributed by atoms with van der Waals surface area (Å²) in [5.41, 5.74) is 2.23. The minimum Gasteiger partial charge on any atom is -0.508 e. The van der Waals surface area contributed by atoms with E-state index in [0.29, 0.717) is 18.2 Å². The van der Waals surface area contributed by atoms with Gasteiger partial charge in [-0.2, -0.15) is 0 Å². The van der Waals surface area contributed by atoms with Crippen LogP contribution in [0, 0.1) is 0 Å². The van der Waals surface area contributed by atoms with Crippen LogP contribution in [-0.4, -0.2) is 29.1 Å². The molecule has 0 saturated carbocycles. The highest BCUT2D eigenvalue weighted by molar-refractivity contribution is 7.09. The van der Waals surface area contributed by atoms with Crippen LogP contribution < -0.4 is 10.6 Å². The Morgan fingerprint density at radius 2 is 2.17 bits per heavy atom. The molecule has 0 fully saturated rings. The van der Waals surface area contributed by atoms with Gasteiger partial charge < -0.3 is 15.7 Å². The summed E-state index contributed by atoms with van der Waals surface area (Å²) < 4.78 is 0. The van der Waals surface area contributed by atoms with Crippen LogP contribution >= 0.6 is 11.3 Å². The van der Waals surface area contributed by atoms with Gasteiger partial charge in [-0.05, 0) is 37.0 Å². The Bertz CT molecular complexity index is 667. The molecule has 0 unspecified atom stereocenters. The molecule has 0 aliphatic rings. The first-order chi connectivity index (χ1) is 11.6. The Morgan fingerprint density at radius 3 is 2.83 bits per heavy atom. The molecule has 1 heterocycles. The Labute approximate surface area is 147 Å². The molecule has 0 radical (unpaired) electrons. The molecular weight excluding hydrogens is 320 g/mol. The third-order valence-corrected chi connectivity index (χ3v) is 4.35. The van der Waals surface area contributed by atoms with E-state index in [9.17, 15) is 5.11 Å². The van der Waals surface area contributed by atoms with Crippen LogP contribution in [0.1, 0.15) is 43.0 Å². The second kappa shape index (κ2) is 9.27. The lowest BCUT2D eigenvalue weighted by atomic mass is 10.1. The number of rotatable bonds is 7. The first kappa shape index (κ1) is 18.3. The van der Waals surface area contributed by atoms with Crippen molar-refractivity contribution in [1.29, 1.82) is 0 Å². The summed E-state index contributed by atoms with van der Waals surface area (Å²) in [5.74, 6) is 1.55. The van der Waals surface area contributed by atoms with Crippen LogP contribution in [-0.2, 0) is 13.0 Å². The molecule has 0 saturated heterocycles. The van der Waals surface area contributed by atoms with Crippen LogP contribution in [0.2, 0.25) is 0 Å². The fourth-order valence-electron chi connectivity index (χ4n) is 2.19. The first-order valence-corrected chi connectivity index (χ1v) is 9.20. The van der Waals surface area contributed by atoms with Gasteiger partial charge in [0.2, 0.25) is 0 Å². The van der Waals surface area contributed by atoms with E-state index < -0.39 is 0 Å². The van der Waals surface area contributed by atoms with Crippen LogP contribution in [0.5, 0.6) is 5.75 Å². The van der Waals surface area contributed by atoms with Crippen molar-refractivity contribution in [2.75, 3.05) is 13.1 Å². The number of nitrogens with one attached hydrogen (secondary N) is 2. The lowest BCUT2D eigenvalue weighted by Gasteiger charge is -2.11. The molecule has 2 aromatic rings. The molecule has 0 aliphatic carbocycles. The number of phenols is 1. The SMILES string of the molecule is CCNC(=NCc1nc(C(C)C)cs1)NCCc1cccc(O)c1. The summed E-state index contributed by atoms with van der Waals surface area (Å²) in [4.78, 5) is 9.21. The molecule has 0 atom stereocenters. The van der Waals surface area contributed by atoms with Gasteiger partial charge in [0.05, 0.1) is 12.2 Å². The number of aliphatic imine (C=N–C) groups is 1. The Kier molecular flexibility index (Phi) is 7.06. The predicted molar refractivity (Wildman–Crippen MR) is 101 cm³/mol. The maximum Gasteiger partial charge on any atom is 0.191 e. The van der Waals surface area contributed by atoms with Crippen molar-refractivity contribution < 1.29 is 5.11 Å². The monoisotopic (exact) mass is 346 g/mol. The molecule has 2 rings (SSSR count). The average Bonchev–Trinajstić information content (AvgIpc) is 3.02. The number of guanidine groups is 1. The van der Waals surface area contributed by atoms with E-state index in [-0.39, 0.29) is 0 Å². The summed E-state index contributed by atoms with van der Waals surface area (Å²) in [6.07, 6.45) is 0.827. The minimum absolute atomic E-state index is 0.304. The van der Waals surface area contributed by atoms with Crippen molar-refractivity contribution in [2.24, 2.45) is 4.99 Å². The lowest BCUT2D eigenvalue weighted by Crippen LogP contribution is -2.38. The standard InChI is InChI=1S/C18H26N4OS/c1-4-19-18(20-9-8-14-6-5-7-15(23)10-14)21-11-17-22-16(12-24-17)13(2)3/h5-7,10,12-13,23H,4,8-9,11H2,1-3H3,(H2,19,20,21). The van der Waals surface area contributed by atoms with Gasteiger partial charge in [0.15, 0.2) is 5.96 Å². The summed E-state index contributed by atoms with van der Waals surface area (Å²) in [6.45, 7) is 8.49. The lowest BCUT2D eigenvalue weighted by molar-refractivity contribution is 0.474. The molecule has 0 amide bonds. The minimum atomic E-state index is 0.304. The van der Waals surface area contributed by atoms with Gasteiger partial charge >= 0.3 is 0 Å². The zero-order valence-electron chi connectivity index (χ0n) is 14.5. The molecule has 0 bridgehead atoms. The molecule has 130 valence electrons. The molecule has 0 aliphatic heterocycles. The molecule has 6 heteroatoms. The Balaban J connectivity index is 1.87. The van der Waals surface area contributed by atoms with Crippen molar-refractivity contribution in [3.05, 3.63) is 45.9 Å². The van der Waals surface area contributed by atoms with Gasteiger partial charge in [0.25, 0.3) is 0 Å². The first-order valence-electron chi connectivity index (χ1n) is 8.33. The molecule has 0 spiro atoms. The molecule has 5 nitrogen and oxygen atoms in total. The van der Waals surface area contributed by atoms with Crippen molar-refractivity contribution >= 4 is 17.3 Å². The van der Waals surface area contributed by atoms with Gasteiger partial charge in [-0.3, -0.25) is 0 Å². The van der Waals surface area contributed by atoms with Crippen LogP contribution in [0.4, 0.5) is 0 Å². The number of hydrogen-bond donors (Lipinski definition) is 3.